The first kappa shape index (κ1) is 19.1. The zero-order valence-electron chi connectivity index (χ0n) is 14.0. The predicted molar refractivity (Wildman–Crippen MR) is 84.3 cm³/mol. The Labute approximate surface area is 141 Å². The Hall–Kier alpha value is -1.27. The molecular formula is C17H27F3N2O2. The maximum absolute atomic E-state index is 12.9. The van der Waals surface area contributed by atoms with Gasteiger partial charge in [0.05, 0.1) is 0 Å². The number of amides is 2. The molecular weight excluding hydrogens is 321 g/mol. The molecule has 0 bridgehead atoms. The Balaban J connectivity index is 1.75. The van der Waals surface area contributed by atoms with Gasteiger partial charge in [0.25, 0.3) is 0 Å². The molecule has 1 atom stereocenters. The lowest BCUT2D eigenvalue weighted by molar-refractivity contribution is -0.182. The number of hydrogen-bond acceptors (Lipinski definition) is 2. The highest BCUT2D eigenvalue weighted by atomic mass is 19.4. The summed E-state index contributed by atoms with van der Waals surface area (Å²) >= 11 is 0. The van der Waals surface area contributed by atoms with Crippen molar-refractivity contribution >= 4 is 11.8 Å². The molecule has 2 fully saturated rings. The van der Waals surface area contributed by atoms with Gasteiger partial charge in [-0.15, -0.1) is 0 Å². The summed E-state index contributed by atoms with van der Waals surface area (Å²) in [4.78, 5) is 24.9. The van der Waals surface area contributed by atoms with Crippen LogP contribution in [0.2, 0.25) is 0 Å². The van der Waals surface area contributed by atoms with E-state index < -0.39 is 18.1 Å². The topological polar surface area (TPSA) is 49.4 Å². The Morgan fingerprint density at radius 2 is 1.54 bits per heavy atom. The molecule has 1 N–H and O–H groups in total. The average molecular weight is 348 g/mol. The van der Waals surface area contributed by atoms with Gasteiger partial charge in [-0.2, -0.15) is 13.2 Å². The van der Waals surface area contributed by atoms with Crippen LogP contribution < -0.4 is 5.32 Å². The van der Waals surface area contributed by atoms with E-state index in [-0.39, 0.29) is 37.8 Å². The fourth-order valence-corrected chi connectivity index (χ4v) is 3.67. The average Bonchev–Trinajstić information content (AvgIpc) is 2.97. The molecule has 1 heterocycles. The molecule has 0 spiro atoms. The molecule has 2 aliphatic rings. The van der Waals surface area contributed by atoms with E-state index in [9.17, 15) is 22.8 Å². The van der Waals surface area contributed by atoms with Gasteiger partial charge < -0.3 is 10.2 Å². The zero-order valence-corrected chi connectivity index (χ0v) is 14.0. The summed E-state index contributed by atoms with van der Waals surface area (Å²) in [7, 11) is 0. The maximum atomic E-state index is 12.9. The Bertz CT molecular complexity index is 432. The van der Waals surface area contributed by atoms with Crippen LogP contribution in [0.25, 0.3) is 0 Å². The van der Waals surface area contributed by atoms with Crippen molar-refractivity contribution < 1.29 is 22.8 Å². The van der Waals surface area contributed by atoms with Crippen LogP contribution >= 0.6 is 0 Å². The SMILES string of the molecule is O=C(CCC(=O)N1CCCC1C(F)(F)F)NC1CCCCCCC1. The normalized spacial score (nSPS) is 23.6. The highest BCUT2D eigenvalue weighted by Crippen LogP contribution is 2.33. The third-order valence-corrected chi connectivity index (χ3v) is 4.99. The van der Waals surface area contributed by atoms with Crippen molar-refractivity contribution in [2.45, 2.75) is 88.9 Å². The second-order valence-electron chi connectivity index (χ2n) is 6.90. The minimum Gasteiger partial charge on any atom is -0.353 e. The quantitative estimate of drug-likeness (QED) is 0.845. The van der Waals surface area contributed by atoms with E-state index in [4.69, 9.17) is 0 Å². The molecule has 1 saturated carbocycles. The first-order valence-corrected chi connectivity index (χ1v) is 9.03. The van der Waals surface area contributed by atoms with Gasteiger partial charge in [0.1, 0.15) is 6.04 Å². The molecule has 1 unspecified atom stereocenters. The van der Waals surface area contributed by atoms with E-state index in [0.717, 1.165) is 30.6 Å². The van der Waals surface area contributed by atoms with Crippen LogP contribution in [0.15, 0.2) is 0 Å². The minimum absolute atomic E-state index is 0.0313. The fraction of sp³-hybridized carbons (Fsp3) is 0.882. The lowest BCUT2D eigenvalue weighted by Crippen LogP contribution is -2.45. The first-order chi connectivity index (χ1) is 11.4. The molecule has 4 nitrogen and oxygen atoms in total. The van der Waals surface area contributed by atoms with Crippen LogP contribution in [0.1, 0.15) is 70.6 Å². The molecule has 0 aromatic heterocycles. The van der Waals surface area contributed by atoms with E-state index in [0.29, 0.717) is 6.42 Å². The van der Waals surface area contributed by atoms with Gasteiger partial charge in [0.2, 0.25) is 11.8 Å². The first-order valence-electron chi connectivity index (χ1n) is 9.03. The van der Waals surface area contributed by atoms with Crippen molar-refractivity contribution in [3.05, 3.63) is 0 Å². The molecule has 2 amide bonds. The summed E-state index contributed by atoms with van der Waals surface area (Å²) in [6.45, 7) is 0.132. The number of halogens is 3. The largest absolute Gasteiger partial charge is 0.408 e. The van der Waals surface area contributed by atoms with Crippen LogP contribution in [0.4, 0.5) is 13.2 Å². The highest BCUT2D eigenvalue weighted by molar-refractivity contribution is 5.84. The Morgan fingerprint density at radius 3 is 2.17 bits per heavy atom. The van der Waals surface area contributed by atoms with Crippen molar-refractivity contribution in [1.29, 1.82) is 0 Å². The van der Waals surface area contributed by atoms with Crippen molar-refractivity contribution in [3.8, 4) is 0 Å². The summed E-state index contributed by atoms with van der Waals surface area (Å²) in [6.07, 6.45) is 3.44. The molecule has 0 radical (unpaired) electrons. The van der Waals surface area contributed by atoms with Gasteiger partial charge in [-0.1, -0.05) is 32.1 Å². The van der Waals surface area contributed by atoms with Gasteiger partial charge in [0.15, 0.2) is 0 Å². The molecule has 1 saturated heterocycles. The number of nitrogens with one attached hydrogen (secondary N) is 1. The van der Waals surface area contributed by atoms with E-state index in [2.05, 4.69) is 5.32 Å². The number of carbonyl (C=O) groups is 2. The van der Waals surface area contributed by atoms with E-state index >= 15 is 0 Å². The zero-order chi connectivity index (χ0) is 17.6. The second-order valence-corrected chi connectivity index (χ2v) is 6.90. The molecule has 7 heteroatoms. The van der Waals surface area contributed by atoms with Gasteiger partial charge in [0, 0.05) is 25.4 Å². The molecule has 0 aromatic rings. The van der Waals surface area contributed by atoms with Crippen molar-refractivity contribution in [2.75, 3.05) is 6.54 Å². The van der Waals surface area contributed by atoms with Gasteiger partial charge in [-0.3, -0.25) is 9.59 Å². The molecule has 0 aromatic carbocycles. The van der Waals surface area contributed by atoms with Gasteiger partial charge in [-0.25, -0.2) is 0 Å². The second kappa shape index (κ2) is 8.72. The Kier molecular flexibility index (Phi) is 6.92. The molecule has 1 aliphatic carbocycles. The van der Waals surface area contributed by atoms with Crippen LogP contribution in [0.5, 0.6) is 0 Å². The van der Waals surface area contributed by atoms with Crippen molar-refractivity contribution in [3.63, 3.8) is 0 Å². The van der Waals surface area contributed by atoms with Gasteiger partial charge in [-0.05, 0) is 25.7 Å². The van der Waals surface area contributed by atoms with Crippen LogP contribution in [-0.2, 0) is 9.59 Å². The highest BCUT2D eigenvalue weighted by Gasteiger charge is 2.47. The number of hydrogen-bond donors (Lipinski definition) is 1. The summed E-state index contributed by atoms with van der Waals surface area (Å²) in [5.74, 6) is -0.792. The predicted octanol–water partition coefficient (Wildman–Crippen LogP) is 3.55. The number of carbonyl (C=O) groups excluding carboxylic acids is 2. The lowest BCUT2D eigenvalue weighted by atomic mass is 9.96. The van der Waals surface area contributed by atoms with Crippen LogP contribution in [0, 0.1) is 0 Å². The molecule has 1 aliphatic heterocycles. The van der Waals surface area contributed by atoms with E-state index in [1.54, 1.807) is 0 Å². The standard InChI is InChI=1S/C17H27F3N2O2/c18-17(19,20)14-9-6-12-22(14)16(24)11-10-15(23)21-13-7-4-2-1-3-5-8-13/h13-14H,1-12H2,(H,21,23). The third-order valence-electron chi connectivity index (χ3n) is 4.99. The number of likely N-dealkylation sites (tertiary alicyclic amines) is 1. The molecule has 138 valence electrons. The van der Waals surface area contributed by atoms with Crippen LogP contribution in [-0.4, -0.2) is 41.5 Å². The van der Waals surface area contributed by atoms with Crippen molar-refractivity contribution in [1.82, 2.24) is 10.2 Å². The fourth-order valence-electron chi connectivity index (χ4n) is 3.67. The van der Waals surface area contributed by atoms with Gasteiger partial charge >= 0.3 is 6.18 Å². The lowest BCUT2D eigenvalue weighted by Gasteiger charge is -2.26. The number of nitrogens with zero attached hydrogens (tertiary/aromatic N) is 1. The van der Waals surface area contributed by atoms with E-state index in [1.165, 1.54) is 19.3 Å². The summed E-state index contributed by atoms with van der Waals surface area (Å²) in [6, 6.07) is -1.54. The molecule has 24 heavy (non-hydrogen) atoms. The van der Waals surface area contributed by atoms with Crippen molar-refractivity contribution in [2.24, 2.45) is 0 Å². The smallest absolute Gasteiger partial charge is 0.353 e. The minimum atomic E-state index is -4.38. The van der Waals surface area contributed by atoms with Crippen LogP contribution in [0.3, 0.4) is 0 Å². The third kappa shape index (κ3) is 5.67. The summed E-state index contributed by atoms with van der Waals surface area (Å²) < 4.78 is 38.6. The number of rotatable bonds is 4. The summed E-state index contributed by atoms with van der Waals surface area (Å²) in [5, 5.41) is 2.94. The van der Waals surface area contributed by atoms with E-state index in [1.807, 2.05) is 0 Å². The number of alkyl halides is 3. The maximum Gasteiger partial charge on any atom is 0.408 e. The monoisotopic (exact) mass is 348 g/mol. The molecule has 2 rings (SSSR count). The summed E-state index contributed by atoms with van der Waals surface area (Å²) in [5.41, 5.74) is 0. The Morgan fingerprint density at radius 1 is 0.917 bits per heavy atom.